The molecule has 1 aliphatic rings. The number of rotatable bonds is 2. The molecule has 0 saturated heterocycles. The molecule has 20 heavy (non-hydrogen) atoms. The molecule has 5 nitrogen and oxygen atoms in total. The lowest BCUT2D eigenvalue weighted by atomic mass is 9.74. The Balaban J connectivity index is 1.83. The summed E-state index contributed by atoms with van der Waals surface area (Å²) < 4.78 is 0. The first kappa shape index (κ1) is 13.1. The molecule has 2 unspecified atom stereocenters. The summed E-state index contributed by atoms with van der Waals surface area (Å²) in [6.45, 7) is 1.98. The summed E-state index contributed by atoms with van der Waals surface area (Å²) in [4.78, 5) is 12.5. The monoisotopic (exact) mass is 272 g/mol. The van der Waals surface area contributed by atoms with E-state index in [4.69, 9.17) is 5.73 Å². The Morgan fingerprint density at radius 1 is 1.50 bits per heavy atom. The van der Waals surface area contributed by atoms with Crippen molar-refractivity contribution in [1.29, 1.82) is 0 Å². The maximum atomic E-state index is 12.5. The standard InChI is InChI=1S/C15H20N4O/c1-15(16)8-3-2-6-11(15)14(20)18-12-7-4-5-10-9-17-19-13(10)12/h4-5,7,9,11H,2-3,6,8,16H2,1H3,(H,17,19)(H,18,20). The zero-order valence-corrected chi connectivity index (χ0v) is 11.6. The van der Waals surface area contributed by atoms with Crippen LogP contribution >= 0.6 is 0 Å². The van der Waals surface area contributed by atoms with Gasteiger partial charge in [0.2, 0.25) is 5.91 Å². The summed E-state index contributed by atoms with van der Waals surface area (Å²) in [5.41, 5.74) is 7.50. The molecular formula is C15H20N4O. The molecule has 1 fully saturated rings. The number of nitrogens with zero attached hydrogens (tertiary/aromatic N) is 1. The molecule has 106 valence electrons. The second-order valence-corrected chi connectivity index (χ2v) is 5.93. The molecule has 1 aromatic heterocycles. The fraction of sp³-hybridized carbons (Fsp3) is 0.467. The molecule has 1 aliphatic carbocycles. The number of nitrogens with two attached hydrogens (primary N) is 1. The highest BCUT2D eigenvalue weighted by Gasteiger charge is 2.37. The van der Waals surface area contributed by atoms with E-state index in [-0.39, 0.29) is 11.8 Å². The Bertz CT molecular complexity index is 632. The van der Waals surface area contributed by atoms with Gasteiger partial charge in [-0.1, -0.05) is 25.0 Å². The maximum absolute atomic E-state index is 12.5. The van der Waals surface area contributed by atoms with Crippen LogP contribution in [-0.4, -0.2) is 21.6 Å². The fourth-order valence-corrected chi connectivity index (χ4v) is 3.08. The van der Waals surface area contributed by atoms with E-state index >= 15 is 0 Å². The molecule has 2 aromatic rings. The van der Waals surface area contributed by atoms with Crippen molar-refractivity contribution in [2.24, 2.45) is 11.7 Å². The van der Waals surface area contributed by atoms with Gasteiger partial charge in [-0.15, -0.1) is 0 Å². The Labute approximate surface area is 117 Å². The first-order valence-corrected chi connectivity index (χ1v) is 7.10. The smallest absolute Gasteiger partial charge is 0.229 e. The van der Waals surface area contributed by atoms with E-state index in [1.165, 1.54) is 0 Å². The predicted molar refractivity (Wildman–Crippen MR) is 79.3 cm³/mol. The van der Waals surface area contributed by atoms with Gasteiger partial charge in [-0.25, -0.2) is 0 Å². The SMILES string of the molecule is CC1(N)CCCCC1C(=O)Nc1cccc2cn[nH]c12. The lowest BCUT2D eigenvalue weighted by molar-refractivity contribution is -0.122. The van der Waals surface area contributed by atoms with Gasteiger partial charge in [-0.3, -0.25) is 9.89 Å². The first-order chi connectivity index (χ1) is 9.58. The van der Waals surface area contributed by atoms with E-state index in [0.29, 0.717) is 0 Å². The van der Waals surface area contributed by atoms with E-state index in [0.717, 1.165) is 42.3 Å². The van der Waals surface area contributed by atoms with Crippen molar-refractivity contribution < 1.29 is 4.79 Å². The summed E-state index contributed by atoms with van der Waals surface area (Å²) >= 11 is 0. The van der Waals surface area contributed by atoms with Gasteiger partial charge in [-0.2, -0.15) is 5.10 Å². The summed E-state index contributed by atoms with van der Waals surface area (Å²) in [6.07, 6.45) is 5.68. The number of amides is 1. The van der Waals surface area contributed by atoms with Gasteiger partial charge in [0.25, 0.3) is 0 Å². The number of nitrogens with one attached hydrogen (secondary N) is 2. The number of hydrogen-bond donors (Lipinski definition) is 3. The minimum atomic E-state index is -0.412. The van der Waals surface area contributed by atoms with E-state index in [9.17, 15) is 4.79 Å². The molecule has 0 aliphatic heterocycles. The molecule has 0 spiro atoms. The van der Waals surface area contributed by atoms with Crippen molar-refractivity contribution in [3.05, 3.63) is 24.4 Å². The number of hydrogen-bond acceptors (Lipinski definition) is 3. The van der Waals surface area contributed by atoms with E-state index in [2.05, 4.69) is 15.5 Å². The minimum absolute atomic E-state index is 0.0109. The van der Waals surface area contributed by atoms with Crippen LogP contribution in [-0.2, 0) is 4.79 Å². The molecule has 0 radical (unpaired) electrons. The quantitative estimate of drug-likeness (QED) is 0.785. The van der Waals surface area contributed by atoms with Crippen LogP contribution in [0.15, 0.2) is 24.4 Å². The predicted octanol–water partition coefficient (Wildman–Crippen LogP) is 2.41. The number of aromatic amines is 1. The van der Waals surface area contributed by atoms with Gasteiger partial charge < -0.3 is 11.1 Å². The summed E-state index contributed by atoms with van der Waals surface area (Å²) in [7, 11) is 0. The van der Waals surface area contributed by atoms with Crippen LogP contribution in [0.3, 0.4) is 0 Å². The minimum Gasteiger partial charge on any atom is -0.325 e. The van der Waals surface area contributed by atoms with Gasteiger partial charge in [0.15, 0.2) is 0 Å². The van der Waals surface area contributed by atoms with Crippen molar-refractivity contribution in [2.45, 2.75) is 38.1 Å². The van der Waals surface area contributed by atoms with Crippen LogP contribution in [0.25, 0.3) is 10.9 Å². The average Bonchev–Trinajstić information content (AvgIpc) is 2.87. The molecule has 1 amide bonds. The van der Waals surface area contributed by atoms with Crippen molar-refractivity contribution in [1.82, 2.24) is 10.2 Å². The first-order valence-electron chi connectivity index (χ1n) is 7.10. The van der Waals surface area contributed by atoms with Crippen LogP contribution in [0.5, 0.6) is 0 Å². The lowest BCUT2D eigenvalue weighted by Crippen LogP contribution is -2.51. The van der Waals surface area contributed by atoms with Crippen molar-refractivity contribution in [2.75, 3.05) is 5.32 Å². The second kappa shape index (κ2) is 4.90. The van der Waals surface area contributed by atoms with Gasteiger partial charge in [0.1, 0.15) is 0 Å². The number of benzene rings is 1. The van der Waals surface area contributed by atoms with E-state index in [1.807, 2.05) is 25.1 Å². The van der Waals surface area contributed by atoms with Gasteiger partial charge in [0.05, 0.1) is 23.3 Å². The normalized spacial score (nSPS) is 26.6. The number of carbonyl (C=O) groups is 1. The Morgan fingerprint density at radius 2 is 2.35 bits per heavy atom. The third kappa shape index (κ3) is 2.29. The van der Waals surface area contributed by atoms with E-state index < -0.39 is 5.54 Å². The maximum Gasteiger partial charge on any atom is 0.229 e. The van der Waals surface area contributed by atoms with Crippen molar-refractivity contribution in [3.8, 4) is 0 Å². The number of anilines is 1. The highest BCUT2D eigenvalue weighted by atomic mass is 16.2. The third-order valence-electron chi connectivity index (χ3n) is 4.31. The van der Waals surface area contributed by atoms with Crippen molar-refractivity contribution in [3.63, 3.8) is 0 Å². The van der Waals surface area contributed by atoms with Crippen LogP contribution in [0.1, 0.15) is 32.6 Å². The highest BCUT2D eigenvalue weighted by Crippen LogP contribution is 2.33. The van der Waals surface area contributed by atoms with Gasteiger partial charge >= 0.3 is 0 Å². The van der Waals surface area contributed by atoms with Crippen LogP contribution < -0.4 is 11.1 Å². The van der Waals surface area contributed by atoms with E-state index in [1.54, 1.807) is 6.20 Å². The molecule has 3 rings (SSSR count). The number of fused-ring (bicyclic) bond motifs is 1. The summed E-state index contributed by atoms with van der Waals surface area (Å²) in [5, 5.41) is 10.9. The number of aromatic nitrogens is 2. The van der Waals surface area contributed by atoms with Crippen LogP contribution in [0, 0.1) is 5.92 Å². The molecular weight excluding hydrogens is 252 g/mol. The Hall–Kier alpha value is -1.88. The second-order valence-electron chi connectivity index (χ2n) is 5.93. The molecule has 4 N–H and O–H groups in total. The number of para-hydroxylation sites is 1. The summed E-state index contributed by atoms with van der Waals surface area (Å²) in [6, 6.07) is 5.76. The van der Waals surface area contributed by atoms with Crippen LogP contribution in [0.2, 0.25) is 0 Å². The molecule has 0 bridgehead atoms. The van der Waals surface area contributed by atoms with Crippen molar-refractivity contribution >= 4 is 22.5 Å². The average molecular weight is 272 g/mol. The number of carbonyl (C=O) groups excluding carboxylic acids is 1. The van der Waals surface area contributed by atoms with Crippen LogP contribution in [0.4, 0.5) is 5.69 Å². The molecule has 5 heteroatoms. The fourth-order valence-electron chi connectivity index (χ4n) is 3.08. The number of H-pyrrole nitrogens is 1. The lowest BCUT2D eigenvalue weighted by Gasteiger charge is -2.37. The molecule has 1 heterocycles. The highest BCUT2D eigenvalue weighted by molar-refractivity contribution is 6.01. The largest absolute Gasteiger partial charge is 0.325 e. The summed E-state index contributed by atoms with van der Waals surface area (Å²) in [5.74, 6) is -0.119. The van der Waals surface area contributed by atoms with Gasteiger partial charge in [-0.05, 0) is 25.8 Å². The molecule has 1 aromatic carbocycles. The third-order valence-corrected chi connectivity index (χ3v) is 4.31. The molecule has 1 saturated carbocycles. The Morgan fingerprint density at radius 3 is 3.15 bits per heavy atom. The Kier molecular flexibility index (Phi) is 3.22. The zero-order chi connectivity index (χ0) is 14.2. The topological polar surface area (TPSA) is 83.8 Å². The van der Waals surface area contributed by atoms with Gasteiger partial charge in [0, 0.05) is 10.9 Å². The zero-order valence-electron chi connectivity index (χ0n) is 11.6. The molecule has 2 atom stereocenters.